The van der Waals surface area contributed by atoms with Crippen LogP contribution in [0.3, 0.4) is 0 Å². The van der Waals surface area contributed by atoms with Crippen molar-refractivity contribution >= 4 is 5.97 Å². The van der Waals surface area contributed by atoms with Crippen molar-refractivity contribution < 1.29 is 14.3 Å². The quantitative estimate of drug-likeness (QED) is 0.723. The van der Waals surface area contributed by atoms with Gasteiger partial charge >= 0.3 is 5.97 Å². The van der Waals surface area contributed by atoms with Crippen LogP contribution in [0.25, 0.3) is 0 Å². The van der Waals surface area contributed by atoms with Gasteiger partial charge in [-0.1, -0.05) is 0 Å². The molecule has 110 valence electrons. The summed E-state index contributed by atoms with van der Waals surface area (Å²) in [4.78, 5) is 14.3. The minimum absolute atomic E-state index is 0.124. The Morgan fingerprint density at radius 2 is 2.00 bits per heavy atom. The second-order valence-corrected chi connectivity index (χ2v) is 5.72. The molecule has 1 aliphatic carbocycles. The van der Waals surface area contributed by atoms with Gasteiger partial charge < -0.3 is 14.8 Å². The van der Waals surface area contributed by atoms with E-state index in [-0.39, 0.29) is 24.2 Å². The van der Waals surface area contributed by atoms with Crippen LogP contribution < -0.4 is 5.32 Å². The van der Waals surface area contributed by atoms with E-state index in [1.807, 2.05) is 6.92 Å². The minimum atomic E-state index is -0.204. The largest absolute Gasteiger partial charge is 0.465 e. The Morgan fingerprint density at radius 1 is 1.37 bits per heavy atom. The first kappa shape index (κ1) is 14.8. The van der Waals surface area contributed by atoms with Crippen molar-refractivity contribution in [3.8, 4) is 0 Å². The molecule has 2 aliphatic rings. The van der Waals surface area contributed by atoms with Crippen LogP contribution in [0.4, 0.5) is 0 Å². The molecular weight excluding hydrogens is 244 g/mol. The second kappa shape index (κ2) is 6.68. The van der Waals surface area contributed by atoms with Gasteiger partial charge in [-0.2, -0.15) is 0 Å². The summed E-state index contributed by atoms with van der Waals surface area (Å²) >= 11 is 0. The molecule has 1 saturated heterocycles. The average Bonchev–Trinajstić information content (AvgIpc) is 3.11. The number of rotatable bonds is 6. The van der Waals surface area contributed by atoms with E-state index in [1.54, 1.807) is 0 Å². The minimum Gasteiger partial charge on any atom is -0.465 e. The summed E-state index contributed by atoms with van der Waals surface area (Å²) < 4.78 is 10.9. The lowest BCUT2D eigenvalue weighted by molar-refractivity contribution is -0.147. The first-order chi connectivity index (χ1) is 9.08. The number of carbonyl (C=O) groups excluding carboxylic acids is 1. The van der Waals surface area contributed by atoms with Crippen molar-refractivity contribution in [3.63, 3.8) is 0 Å². The normalized spacial score (nSPS) is 30.1. The van der Waals surface area contributed by atoms with Crippen molar-refractivity contribution in [3.05, 3.63) is 0 Å². The Bertz CT molecular complexity index is 297. The maximum absolute atomic E-state index is 12.0. The first-order valence-corrected chi connectivity index (χ1v) is 7.39. The molecule has 1 saturated carbocycles. The zero-order valence-corrected chi connectivity index (χ0v) is 12.2. The van der Waals surface area contributed by atoms with Crippen LogP contribution in [0.5, 0.6) is 0 Å². The summed E-state index contributed by atoms with van der Waals surface area (Å²) in [6.45, 7) is 8.93. The summed E-state index contributed by atoms with van der Waals surface area (Å²) in [5.41, 5.74) is 0. The van der Waals surface area contributed by atoms with Gasteiger partial charge in [0.2, 0.25) is 0 Å². The topological polar surface area (TPSA) is 50.8 Å². The molecule has 0 aromatic carbocycles. The SMILES string of the molecule is CCOC(=O)C(CN1CC(C)OC(C)C1)NC1CC1. The summed E-state index contributed by atoms with van der Waals surface area (Å²) in [6.07, 6.45) is 2.80. The van der Waals surface area contributed by atoms with Gasteiger partial charge in [0.1, 0.15) is 6.04 Å². The number of morpholine rings is 1. The standard InChI is InChI=1S/C14H26N2O3/c1-4-18-14(17)13(15-12-5-6-12)9-16-7-10(2)19-11(3)8-16/h10-13,15H,4-9H2,1-3H3. The molecule has 0 radical (unpaired) electrons. The first-order valence-electron chi connectivity index (χ1n) is 7.39. The molecule has 1 N–H and O–H groups in total. The van der Waals surface area contributed by atoms with Crippen LogP contribution >= 0.6 is 0 Å². The number of nitrogens with one attached hydrogen (secondary N) is 1. The highest BCUT2D eigenvalue weighted by Gasteiger charge is 2.32. The Kier molecular flexibility index (Phi) is 5.19. The summed E-state index contributed by atoms with van der Waals surface area (Å²) in [6, 6.07) is 0.301. The van der Waals surface area contributed by atoms with Crippen LogP contribution in [0.2, 0.25) is 0 Å². The molecule has 1 heterocycles. The molecule has 0 aromatic rings. The molecule has 2 fully saturated rings. The lowest BCUT2D eigenvalue weighted by atomic mass is 10.2. The predicted molar refractivity (Wildman–Crippen MR) is 73.0 cm³/mol. The van der Waals surface area contributed by atoms with E-state index in [0.29, 0.717) is 19.2 Å². The Hall–Kier alpha value is -0.650. The fraction of sp³-hybridized carbons (Fsp3) is 0.929. The van der Waals surface area contributed by atoms with Crippen molar-refractivity contribution in [2.75, 3.05) is 26.2 Å². The van der Waals surface area contributed by atoms with Crippen molar-refractivity contribution in [1.82, 2.24) is 10.2 Å². The fourth-order valence-electron chi connectivity index (χ4n) is 2.66. The molecule has 5 nitrogen and oxygen atoms in total. The van der Waals surface area contributed by atoms with Crippen LogP contribution in [-0.4, -0.2) is 61.4 Å². The maximum atomic E-state index is 12.0. The Labute approximate surface area is 115 Å². The summed E-state index contributed by atoms with van der Waals surface area (Å²) in [5, 5.41) is 3.40. The number of ether oxygens (including phenoxy) is 2. The predicted octanol–water partition coefficient (Wildman–Crippen LogP) is 0.779. The highest BCUT2D eigenvalue weighted by molar-refractivity contribution is 5.76. The van der Waals surface area contributed by atoms with Gasteiger partial charge in [0.15, 0.2) is 0 Å². The maximum Gasteiger partial charge on any atom is 0.324 e. The zero-order chi connectivity index (χ0) is 13.8. The Balaban J connectivity index is 1.88. The van der Waals surface area contributed by atoms with Crippen LogP contribution in [-0.2, 0) is 14.3 Å². The molecule has 0 bridgehead atoms. The van der Waals surface area contributed by atoms with Crippen LogP contribution in [0.1, 0.15) is 33.6 Å². The number of nitrogens with zero attached hydrogens (tertiary/aromatic N) is 1. The van der Waals surface area contributed by atoms with E-state index in [2.05, 4.69) is 24.1 Å². The molecule has 3 unspecified atom stereocenters. The van der Waals surface area contributed by atoms with Crippen molar-refractivity contribution in [2.24, 2.45) is 0 Å². The van der Waals surface area contributed by atoms with Gasteiger partial charge in [0.25, 0.3) is 0 Å². The molecular formula is C14H26N2O3. The molecule has 0 spiro atoms. The monoisotopic (exact) mass is 270 g/mol. The van der Waals surface area contributed by atoms with Crippen molar-refractivity contribution in [1.29, 1.82) is 0 Å². The van der Waals surface area contributed by atoms with E-state index in [0.717, 1.165) is 13.1 Å². The molecule has 3 atom stereocenters. The van der Waals surface area contributed by atoms with Crippen LogP contribution in [0.15, 0.2) is 0 Å². The highest BCUT2D eigenvalue weighted by atomic mass is 16.5. The number of hydrogen-bond donors (Lipinski definition) is 1. The molecule has 0 amide bonds. The molecule has 5 heteroatoms. The van der Waals surface area contributed by atoms with Gasteiger partial charge in [-0.15, -0.1) is 0 Å². The molecule has 1 aliphatic heterocycles. The van der Waals surface area contributed by atoms with E-state index < -0.39 is 0 Å². The smallest absolute Gasteiger partial charge is 0.324 e. The fourth-order valence-corrected chi connectivity index (χ4v) is 2.66. The third-order valence-electron chi connectivity index (χ3n) is 3.52. The van der Waals surface area contributed by atoms with E-state index >= 15 is 0 Å². The zero-order valence-electron chi connectivity index (χ0n) is 12.2. The van der Waals surface area contributed by atoms with E-state index in [1.165, 1.54) is 12.8 Å². The van der Waals surface area contributed by atoms with E-state index in [9.17, 15) is 4.79 Å². The van der Waals surface area contributed by atoms with Crippen LogP contribution in [0, 0.1) is 0 Å². The van der Waals surface area contributed by atoms with Gasteiger partial charge in [0.05, 0.1) is 18.8 Å². The number of carbonyl (C=O) groups is 1. The third kappa shape index (κ3) is 4.75. The summed E-state index contributed by atoms with van der Waals surface area (Å²) in [5.74, 6) is -0.124. The number of hydrogen-bond acceptors (Lipinski definition) is 5. The van der Waals surface area contributed by atoms with Gasteiger partial charge in [-0.05, 0) is 33.6 Å². The molecule has 19 heavy (non-hydrogen) atoms. The Morgan fingerprint density at radius 3 is 2.53 bits per heavy atom. The second-order valence-electron chi connectivity index (χ2n) is 5.72. The molecule has 0 aromatic heterocycles. The van der Waals surface area contributed by atoms with E-state index in [4.69, 9.17) is 9.47 Å². The average molecular weight is 270 g/mol. The van der Waals surface area contributed by atoms with Crippen molar-refractivity contribution in [2.45, 2.75) is 57.9 Å². The molecule has 2 rings (SSSR count). The lowest BCUT2D eigenvalue weighted by Crippen LogP contribution is -2.53. The highest BCUT2D eigenvalue weighted by Crippen LogP contribution is 2.20. The van der Waals surface area contributed by atoms with Gasteiger partial charge in [-0.25, -0.2) is 0 Å². The third-order valence-corrected chi connectivity index (χ3v) is 3.52. The van der Waals surface area contributed by atoms with Gasteiger partial charge in [0, 0.05) is 25.7 Å². The van der Waals surface area contributed by atoms with Gasteiger partial charge in [-0.3, -0.25) is 9.69 Å². The summed E-state index contributed by atoms with van der Waals surface area (Å²) in [7, 11) is 0. The number of esters is 1. The lowest BCUT2D eigenvalue weighted by Gasteiger charge is -2.36.